The summed E-state index contributed by atoms with van der Waals surface area (Å²) in [6.07, 6.45) is 4.37. The summed E-state index contributed by atoms with van der Waals surface area (Å²) in [7, 11) is 3.18. The summed E-state index contributed by atoms with van der Waals surface area (Å²) in [5, 5.41) is 8.78. The van der Waals surface area contributed by atoms with Crippen molar-refractivity contribution in [2.24, 2.45) is 0 Å². The Morgan fingerprint density at radius 1 is 1.17 bits per heavy atom. The first-order valence-corrected chi connectivity index (χ1v) is 5.93. The van der Waals surface area contributed by atoms with E-state index in [-0.39, 0.29) is 6.61 Å². The Morgan fingerprint density at radius 3 is 2.22 bits per heavy atom. The Hall–Kier alpha value is -1.68. The van der Waals surface area contributed by atoms with Crippen LogP contribution >= 0.6 is 0 Å². The average molecular weight is 252 g/mol. The number of methoxy groups -OCH3 is 2. The van der Waals surface area contributed by atoms with Crippen LogP contribution in [0.15, 0.2) is 18.2 Å². The lowest BCUT2D eigenvalue weighted by Gasteiger charge is -2.14. The van der Waals surface area contributed by atoms with Gasteiger partial charge in [-0.05, 0) is 24.1 Å². The molecule has 0 aliphatic heterocycles. The molecule has 0 aliphatic carbocycles. The van der Waals surface area contributed by atoms with Crippen LogP contribution in [0.5, 0.6) is 17.2 Å². The fraction of sp³-hybridized carbons (Fsp3) is 0.429. The molecule has 0 spiro atoms. The summed E-state index contributed by atoms with van der Waals surface area (Å²) in [6, 6.07) is 3.69. The molecule has 4 nitrogen and oxygen atoms in total. The molecule has 0 saturated heterocycles. The normalized spacial score (nSPS) is 10.7. The lowest BCUT2D eigenvalue weighted by Crippen LogP contribution is -2.00. The zero-order chi connectivity index (χ0) is 13.4. The maximum Gasteiger partial charge on any atom is 0.203 e. The fourth-order valence-electron chi connectivity index (χ4n) is 1.53. The van der Waals surface area contributed by atoms with E-state index in [1.165, 1.54) is 0 Å². The van der Waals surface area contributed by atoms with Crippen LogP contribution in [0.2, 0.25) is 0 Å². The molecule has 0 bridgehead atoms. The minimum Gasteiger partial charge on any atom is -0.493 e. The highest BCUT2D eigenvalue weighted by atomic mass is 16.5. The van der Waals surface area contributed by atoms with Crippen LogP contribution < -0.4 is 14.2 Å². The van der Waals surface area contributed by atoms with Crippen molar-refractivity contribution < 1.29 is 19.3 Å². The van der Waals surface area contributed by atoms with Crippen LogP contribution in [-0.2, 0) is 0 Å². The van der Waals surface area contributed by atoms with Gasteiger partial charge in [0.15, 0.2) is 11.5 Å². The number of benzene rings is 1. The first-order valence-electron chi connectivity index (χ1n) is 5.93. The van der Waals surface area contributed by atoms with Gasteiger partial charge in [0.05, 0.1) is 27.4 Å². The van der Waals surface area contributed by atoms with Gasteiger partial charge in [-0.3, -0.25) is 0 Å². The number of aliphatic hydroxyl groups is 1. The predicted octanol–water partition coefficient (Wildman–Crippen LogP) is 2.50. The van der Waals surface area contributed by atoms with E-state index < -0.39 is 0 Å². The SMILES string of the molecule is CCCOc1c(OC)cc(/C=C/CO)cc1OC. The van der Waals surface area contributed by atoms with E-state index >= 15 is 0 Å². The van der Waals surface area contributed by atoms with Crippen molar-refractivity contribution in [2.75, 3.05) is 27.4 Å². The van der Waals surface area contributed by atoms with Crippen molar-refractivity contribution >= 4 is 6.08 Å². The van der Waals surface area contributed by atoms with E-state index in [0.29, 0.717) is 23.9 Å². The molecule has 0 atom stereocenters. The number of hydrogen-bond acceptors (Lipinski definition) is 4. The Labute approximate surface area is 108 Å². The number of ether oxygens (including phenoxy) is 3. The lowest BCUT2D eigenvalue weighted by molar-refractivity contribution is 0.275. The quantitative estimate of drug-likeness (QED) is 0.810. The minimum atomic E-state index is -0.00127. The van der Waals surface area contributed by atoms with Crippen molar-refractivity contribution in [3.05, 3.63) is 23.8 Å². The Morgan fingerprint density at radius 2 is 1.78 bits per heavy atom. The van der Waals surface area contributed by atoms with Gasteiger partial charge in [0.1, 0.15) is 0 Å². The van der Waals surface area contributed by atoms with Crippen LogP contribution in [0.25, 0.3) is 6.08 Å². The van der Waals surface area contributed by atoms with Crippen LogP contribution in [-0.4, -0.2) is 32.5 Å². The standard InChI is InChI=1S/C14H20O4/c1-4-8-18-14-12(16-2)9-11(6-5-7-15)10-13(14)17-3/h5-6,9-10,15H,4,7-8H2,1-3H3/b6-5+. The van der Waals surface area contributed by atoms with Crippen LogP contribution in [0.3, 0.4) is 0 Å². The van der Waals surface area contributed by atoms with E-state index in [9.17, 15) is 0 Å². The largest absolute Gasteiger partial charge is 0.493 e. The first-order chi connectivity index (χ1) is 8.76. The molecule has 0 radical (unpaired) electrons. The van der Waals surface area contributed by atoms with Gasteiger partial charge in [0.2, 0.25) is 5.75 Å². The number of hydrogen-bond donors (Lipinski definition) is 1. The molecule has 0 aromatic heterocycles. The second kappa shape index (κ2) is 7.61. The van der Waals surface area contributed by atoms with Gasteiger partial charge in [-0.25, -0.2) is 0 Å². The van der Waals surface area contributed by atoms with Crippen LogP contribution in [0.1, 0.15) is 18.9 Å². The fourth-order valence-corrected chi connectivity index (χ4v) is 1.53. The monoisotopic (exact) mass is 252 g/mol. The van der Waals surface area contributed by atoms with Gasteiger partial charge >= 0.3 is 0 Å². The third kappa shape index (κ3) is 3.67. The van der Waals surface area contributed by atoms with Gasteiger partial charge in [0, 0.05) is 0 Å². The highest BCUT2D eigenvalue weighted by Crippen LogP contribution is 2.38. The van der Waals surface area contributed by atoms with Crippen molar-refractivity contribution in [1.82, 2.24) is 0 Å². The molecule has 1 N–H and O–H groups in total. The third-order valence-electron chi connectivity index (χ3n) is 2.35. The third-order valence-corrected chi connectivity index (χ3v) is 2.35. The van der Waals surface area contributed by atoms with Gasteiger partial charge in [-0.15, -0.1) is 0 Å². The maximum atomic E-state index is 8.78. The molecule has 0 unspecified atom stereocenters. The van der Waals surface area contributed by atoms with Gasteiger partial charge in [-0.1, -0.05) is 19.1 Å². The molecule has 0 saturated carbocycles. The average Bonchev–Trinajstić information content (AvgIpc) is 2.42. The lowest BCUT2D eigenvalue weighted by atomic mass is 10.1. The predicted molar refractivity (Wildman–Crippen MR) is 71.5 cm³/mol. The molecule has 100 valence electrons. The maximum absolute atomic E-state index is 8.78. The summed E-state index contributed by atoms with van der Waals surface area (Å²) >= 11 is 0. The van der Waals surface area contributed by atoms with E-state index in [4.69, 9.17) is 19.3 Å². The highest BCUT2D eigenvalue weighted by molar-refractivity contribution is 5.62. The van der Waals surface area contributed by atoms with Crippen molar-refractivity contribution in [3.8, 4) is 17.2 Å². The van der Waals surface area contributed by atoms with Crippen molar-refractivity contribution in [1.29, 1.82) is 0 Å². The molecule has 1 aromatic carbocycles. The van der Waals surface area contributed by atoms with E-state index in [1.807, 2.05) is 19.1 Å². The van der Waals surface area contributed by atoms with Gasteiger partial charge < -0.3 is 19.3 Å². The summed E-state index contributed by atoms with van der Waals surface area (Å²) in [6.45, 7) is 2.65. The molecule has 4 heteroatoms. The smallest absolute Gasteiger partial charge is 0.203 e. The van der Waals surface area contributed by atoms with Gasteiger partial charge in [-0.2, -0.15) is 0 Å². The van der Waals surface area contributed by atoms with Crippen LogP contribution in [0, 0.1) is 0 Å². The second-order valence-corrected chi connectivity index (χ2v) is 3.69. The molecular formula is C14H20O4. The molecule has 1 rings (SSSR count). The zero-order valence-electron chi connectivity index (χ0n) is 11.1. The molecule has 0 aliphatic rings. The van der Waals surface area contributed by atoms with Crippen LogP contribution in [0.4, 0.5) is 0 Å². The van der Waals surface area contributed by atoms with Gasteiger partial charge in [0.25, 0.3) is 0 Å². The summed E-state index contributed by atoms with van der Waals surface area (Å²) in [5.41, 5.74) is 0.890. The first kappa shape index (κ1) is 14.4. The number of aliphatic hydroxyl groups excluding tert-OH is 1. The Kier molecular flexibility index (Phi) is 6.08. The summed E-state index contributed by atoms with van der Waals surface area (Å²) in [5.74, 6) is 1.86. The zero-order valence-corrected chi connectivity index (χ0v) is 11.1. The summed E-state index contributed by atoms with van der Waals surface area (Å²) in [4.78, 5) is 0. The highest BCUT2D eigenvalue weighted by Gasteiger charge is 2.12. The summed E-state index contributed by atoms with van der Waals surface area (Å²) < 4.78 is 16.2. The second-order valence-electron chi connectivity index (χ2n) is 3.69. The van der Waals surface area contributed by atoms with Crippen molar-refractivity contribution in [3.63, 3.8) is 0 Å². The van der Waals surface area contributed by atoms with Crippen molar-refractivity contribution in [2.45, 2.75) is 13.3 Å². The van der Waals surface area contributed by atoms with E-state index in [1.54, 1.807) is 26.4 Å². The van der Waals surface area contributed by atoms with E-state index in [2.05, 4.69) is 0 Å². The molecule has 0 heterocycles. The Bertz CT molecular complexity index is 374. The molecule has 1 aromatic rings. The van der Waals surface area contributed by atoms with E-state index in [0.717, 1.165) is 12.0 Å². The minimum absolute atomic E-state index is 0.00127. The Balaban J connectivity index is 3.12. The molecule has 0 amide bonds. The molecular weight excluding hydrogens is 232 g/mol. The molecule has 0 fully saturated rings. The topological polar surface area (TPSA) is 47.9 Å². The number of rotatable bonds is 7. The molecule has 18 heavy (non-hydrogen) atoms.